The largest absolute Gasteiger partial charge is 0.573 e. The van der Waals surface area contributed by atoms with Crippen LogP contribution in [0, 0.1) is 0 Å². The van der Waals surface area contributed by atoms with Gasteiger partial charge in [-0.3, -0.25) is 0 Å². The maximum Gasteiger partial charge on any atom is 0.573 e. The number of ether oxygens (including phenoxy) is 1. The van der Waals surface area contributed by atoms with Crippen molar-refractivity contribution in [3.05, 3.63) is 18.2 Å². The van der Waals surface area contributed by atoms with Gasteiger partial charge in [0.15, 0.2) is 0 Å². The van der Waals surface area contributed by atoms with Crippen molar-refractivity contribution in [2.75, 3.05) is 23.7 Å². The first-order chi connectivity index (χ1) is 9.16. The second kappa shape index (κ2) is 4.99. The number of hydrogen-bond acceptors (Lipinski definition) is 3. The molecule has 0 unspecified atom stereocenters. The Morgan fingerprint density at radius 3 is 2.50 bits per heavy atom. The predicted molar refractivity (Wildman–Crippen MR) is 63.9 cm³/mol. The minimum absolute atomic E-state index is 0.0237. The molecule has 0 bridgehead atoms. The summed E-state index contributed by atoms with van der Waals surface area (Å²) in [6, 6.07) is 3.30. The van der Waals surface area contributed by atoms with Crippen molar-refractivity contribution >= 4 is 11.4 Å². The van der Waals surface area contributed by atoms with Gasteiger partial charge in [-0.15, -0.1) is 13.2 Å². The maximum absolute atomic E-state index is 13.3. The van der Waals surface area contributed by atoms with Gasteiger partial charge in [0.1, 0.15) is 5.75 Å². The number of nitrogens with zero attached hydrogens (tertiary/aromatic N) is 1. The van der Waals surface area contributed by atoms with Crippen LogP contribution in [0.25, 0.3) is 0 Å². The molecule has 3 nitrogen and oxygen atoms in total. The normalized spacial score (nSPS) is 18.9. The zero-order chi connectivity index (χ0) is 15.0. The lowest BCUT2D eigenvalue weighted by molar-refractivity contribution is -0.274. The number of alkyl halides is 5. The van der Waals surface area contributed by atoms with Crippen molar-refractivity contribution < 1.29 is 26.7 Å². The van der Waals surface area contributed by atoms with Gasteiger partial charge in [0, 0.05) is 19.0 Å². The molecule has 1 saturated heterocycles. The lowest BCUT2D eigenvalue weighted by Gasteiger charge is -2.34. The lowest BCUT2D eigenvalue weighted by atomic mass is 10.1. The fraction of sp³-hybridized carbons (Fsp3) is 0.500. The summed E-state index contributed by atoms with van der Waals surface area (Å²) in [5, 5.41) is 0. The molecule has 0 amide bonds. The molecule has 20 heavy (non-hydrogen) atoms. The molecule has 0 radical (unpaired) electrons. The van der Waals surface area contributed by atoms with E-state index in [0.29, 0.717) is 18.7 Å². The first-order valence-corrected chi connectivity index (χ1v) is 5.94. The van der Waals surface area contributed by atoms with E-state index >= 15 is 0 Å². The zero-order valence-corrected chi connectivity index (χ0v) is 10.4. The van der Waals surface area contributed by atoms with Crippen LogP contribution in [0.15, 0.2) is 18.2 Å². The Bertz CT molecular complexity index is 489. The highest BCUT2D eigenvalue weighted by molar-refractivity contribution is 5.69. The molecule has 0 aliphatic carbocycles. The lowest BCUT2D eigenvalue weighted by Crippen LogP contribution is -2.42. The molecule has 1 fully saturated rings. The van der Waals surface area contributed by atoms with Crippen LogP contribution in [-0.2, 0) is 0 Å². The van der Waals surface area contributed by atoms with Gasteiger partial charge in [-0.05, 0) is 18.6 Å². The van der Waals surface area contributed by atoms with Crippen molar-refractivity contribution in [1.82, 2.24) is 0 Å². The molecule has 1 aromatic carbocycles. The minimum Gasteiger partial charge on any atom is -0.406 e. The molecule has 2 rings (SSSR count). The molecule has 0 aromatic heterocycles. The van der Waals surface area contributed by atoms with Crippen LogP contribution >= 0.6 is 0 Å². The van der Waals surface area contributed by atoms with Gasteiger partial charge in [0.25, 0.3) is 5.92 Å². The van der Waals surface area contributed by atoms with Crippen molar-refractivity contribution in [1.29, 1.82) is 0 Å². The van der Waals surface area contributed by atoms with Crippen molar-refractivity contribution in [3.8, 4) is 5.75 Å². The standard InChI is InChI=1S/C12H13F5N2O/c13-11(14)4-1-5-19(7-11)10-3-2-8(6-9(10)18)20-12(15,16)17/h2-3,6H,1,4-5,7,18H2. The summed E-state index contributed by atoms with van der Waals surface area (Å²) in [6.45, 7) is -0.101. The highest BCUT2D eigenvalue weighted by atomic mass is 19.4. The summed E-state index contributed by atoms with van der Waals surface area (Å²) in [5.41, 5.74) is 5.89. The SMILES string of the molecule is Nc1cc(OC(F)(F)F)ccc1N1CCCC(F)(F)C1. The molecule has 112 valence electrons. The van der Waals surface area contributed by atoms with E-state index in [1.54, 1.807) is 0 Å². The Morgan fingerprint density at radius 2 is 1.95 bits per heavy atom. The van der Waals surface area contributed by atoms with E-state index < -0.39 is 24.6 Å². The third-order valence-corrected chi connectivity index (χ3v) is 2.97. The van der Waals surface area contributed by atoms with E-state index in [0.717, 1.165) is 12.1 Å². The molecular weight excluding hydrogens is 283 g/mol. The van der Waals surface area contributed by atoms with E-state index in [1.807, 2.05) is 0 Å². The predicted octanol–water partition coefficient (Wildman–Crippen LogP) is 3.40. The quantitative estimate of drug-likeness (QED) is 0.671. The second-order valence-electron chi connectivity index (χ2n) is 4.65. The number of benzene rings is 1. The van der Waals surface area contributed by atoms with Crippen LogP contribution in [0.3, 0.4) is 0 Å². The Hall–Kier alpha value is -1.73. The number of halogens is 5. The third kappa shape index (κ3) is 3.64. The maximum atomic E-state index is 13.3. The monoisotopic (exact) mass is 296 g/mol. The van der Waals surface area contributed by atoms with Gasteiger partial charge in [-0.2, -0.15) is 0 Å². The average molecular weight is 296 g/mol. The first-order valence-electron chi connectivity index (χ1n) is 5.94. The van der Waals surface area contributed by atoms with Gasteiger partial charge >= 0.3 is 6.36 Å². The molecule has 0 spiro atoms. The van der Waals surface area contributed by atoms with E-state index in [2.05, 4.69) is 4.74 Å². The van der Waals surface area contributed by atoms with Crippen LogP contribution in [-0.4, -0.2) is 25.4 Å². The summed E-state index contributed by atoms with van der Waals surface area (Å²) in [4.78, 5) is 1.37. The van der Waals surface area contributed by atoms with Crippen molar-refractivity contribution in [2.45, 2.75) is 25.1 Å². The topological polar surface area (TPSA) is 38.5 Å². The summed E-state index contributed by atoms with van der Waals surface area (Å²) in [6.07, 6.45) is -4.71. The Morgan fingerprint density at radius 1 is 1.25 bits per heavy atom. The number of nitrogen functional groups attached to an aromatic ring is 1. The Labute approximate surface area is 112 Å². The van der Waals surface area contributed by atoms with E-state index in [1.165, 1.54) is 11.0 Å². The highest BCUT2D eigenvalue weighted by Gasteiger charge is 2.36. The summed E-state index contributed by atoms with van der Waals surface area (Å²) in [7, 11) is 0. The van der Waals surface area contributed by atoms with Gasteiger partial charge < -0.3 is 15.4 Å². The van der Waals surface area contributed by atoms with Crippen LogP contribution in [0.4, 0.5) is 33.3 Å². The Balaban J connectivity index is 2.17. The summed E-state index contributed by atoms with van der Waals surface area (Å²) >= 11 is 0. The van der Waals surface area contributed by atoms with Gasteiger partial charge in [0.05, 0.1) is 17.9 Å². The number of hydrogen-bond donors (Lipinski definition) is 1. The minimum atomic E-state index is -4.81. The number of piperidine rings is 1. The molecule has 1 aliphatic rings. The molecule has 2 N–H and O–H groups in total. The van der Waals surface area contributed by atoms with Gasteiger partial charge in [0.2, 0.25) is 0 Å². The van der Waals surface area contributed by atoms with E-state index in [9.17, 15) is 22.0 Å². The van der Waals surface area contributed by atoms with Gasteiger partial charge in [-0.25, -0.2) is 8.78 Å². The molecule has 8 heteroatoms. The zero-order valence-electron chi connectivity index (χ0n) is 10.4. The number of nitrogens with two attached hydrogens (primary N) is 1. The third-order valence-electron chi connectivity index (χ3n) is 2.97. The molecule has 0 atom stereocenters. The first kappa shape index (κ1) is 14.7. The second-order valence-corrected chi connectivity index (χ2v) is 4.65. The molecule has 1 heterocycles. The number of rotatable bonds is 2. The fourth-order valence-electron chi connectivity index (χ4n) is 2.19. The van der Waals surface area contributed by atoms with Crippen LogP contribution in [0.1, 0.15) is 12.8 Å². The summed E-state index contributed by atoms with van der Waals surface area (Å²) in [5.74, 6) is -3.28. The highest BCUT2D eigenvalue weighted by Crippen LogP contribution is 2.35. The van der Waals surface area contributed by atoms with Crippen LogP contribution in [0.2, 0.25) is 0 Å². The van der Waals surface area contributed by atoms with E-state index in [4.69, 9.17) is 5.73 Å². The van der Waals surface area contributed by atoms with Crippen molar-refractivity contribution in [3.63, 3.8) is 0 Å². The van der Waals surface area contributed by atoms with Crippen LogP contribution in [0.5, 0.6) is 5.75 Å². The van der Waals surface area contributed by atoms with Crippen LogP contribution < -0.4 is 15.4 Å². The number of anilines is 2. The smallest absolute Gasteiger partial charge is 0.406 e. The molecule has 0 saturated carbocycles. The van der Waals surface area contributed by atoms with E-state index in [-0.39, 0.29) is 12.1 Å². The molecule has 1 aliphatic heterocycles. The van der Waals surface area contributed by atoms with Gasteiger partial charge in [-0.1, -0.05) is 0 Å². The fourth-order valence-corrected chi connectivity index (χ4v) is 2.19. The molecule has 1 aromatic rings. The molecular formula is C12H13F5N2O. The average Bonchev–Trinajstić information content (AvgIpc) is 2.25. The van der Waals surface area contributed by atoms with Crippen molar-refractivity contribution in [2.24, 2.45) is 0 Å². The Kier molecular flexibility index (Phi) is 3.66. The summed E-state index contributed by atoms with van der Waals surface area (Å²) < 4.78 is 66.5.